The third-order valence-corrected chi connectivity index (χ3v) is 3.07. The van der Waals surface area contributed by atoms with Gasteiger partial charge in [0.15, 0.2) is 5.82 Å². The van der Waals surface area contributed by atoms with Crippen molar-refractivity contribution in [1.29, 1.82) is 0 Å². The summed E-state index contributed by atoms with van der Waals surface area (Å²) in [6.07, 6.45) is 2.37. The van der Waals surface area contributed by atoms with E-state index in [4.69, 9.17) is 4.52 Å². The topological polar surface area (TPSA) is 63.0 Å². The lowest BCUT2D eigenvalue weighted by atomic mass is 10.1. The molecule has 1 aliphatic rings. The summed E-state index contributed by atoms with van der Waals surface area (Å²) in [6, 6.07) is 8.23. The molecule has 94 valence electrons. The SMILES string of the molecule is Cc1cc(Nc2cccc(C3CCCN3)n2)no1. The Balaban J connectivity index is 1.78. The van der Waals surface area contributed by atoms with Crippen LogP contribution in [0.4, 0.5) is 11.6 Å². The maximum atomic E-state index is 5.01. The summed E-state index contributed by atoms with van der Waals surface area (Å²) in [6.45, 7) is 2.94. The molecule has 0 amide bonds. The summed E-state index contributed by atoms with van der Waals surface area (Å²) >= 11 is 0. The lowest BCUT2D eigenvalue weighted by Gasteiger charge is -2.10. The van der Waals surface area contributed by atoms with Crippen molar-refractivity contribution >= 4 is 11.6 Å². The van der Waals surface area contributed by atoms with Gasteiger partial charge in [0.25, 0.3) is 0 Å². The Morgan fingerprint density at radius 1 is 1.39 bits per heavy atom. The summed E-state index contributed by atoms with van der Waals surface area (Å²) in [5.41, 5.74) is 1.08. The smallest absolute Gasteiger partial charge is 0.175 e. The number of aromatic nitrogens is 2. The molecule has 0 saturated carbocycles. The van der Waals surface area contributed by atoms with Gasteiger partial charge in [0.1, 0.15) is 11.6 Å². The molecule has 2 aromatic rings. The number of anilines is 2. The van der Waals surface area contributed by atoms with Gasteiger partial charge in [0.2, 0.25) is 0 Å². The molecule has 3 rings (SSSR count). The number of nitrogens with zero attached hydrogens (tertiary/aromatic N) is 2. The van der Waals surface area contributed by atoms with Crippen LogP contribution in [0, 0.1) is 6.92 Å². The largest absolute Gasteiger partial charge is 0.360 e. The van der Waals surface area contributed by atoms with Crippen LogP contribution in [0.1, 0.15) is 30.3 Å². The predicted octanol–water partition coefficient (Wildman–Crippen LogP) is 2.55. The van der Waals surface area contributed by atoms with E-state index in [1.807, 2.05) is 25.1 Å². The number of pyridine rings is 1. The summed E-state index contributed by atoms with van der Waals surface area (Å²) < 4.78 is 5.01. The molecule has 1 fully saturated rings. The summed E-state index contributed by atoms with van der Waals surface area (Å²) in [5, 5.41) is 10.5. The first-order chi connectivity index (χ1) is 8.81. The molecule has 0 aliphatic carbocycles. The maximum absolute atomic E-state index is 5.01. The molecule has 1 unspecified atom stereocenters. The molecule has 0 radical (unpaired) electrons. The van der Waals surface area contributed by atoms with Gasteiger partial charge in [-0.2, -0.15) is 0 Å². The Labute approximate surface area is 106 Å². The predicted molar refractivity (Wildman–Crippen MR) is 68.7 cm³/mol. The minimum Gasteiger partial charge on any atom is -0.360 e. The first kappa shape index (κ1) is 11.2. The van der Waals surface area contributed by atoms with E-state index in [1.54, 1.807) is 0 Å². The average Bonchev–Trinajstić information content (AvgIpc) is 3.01. The van der Waals surface area contributed by atoms with E-state index >= 15 is 0 Å². The van der Waals surface area contributed by atoms with Crippen LogP contribution in [0.2, 0.25) is 0 Å². The zero-order valence-electron chi connectivity index (χ0n) is 10.3. The van der Waals surface area contributed by atoms with Gasteiger partial charge in [-0.3, -0.25) is 0 Å². The third kappa shape index (κ3) is 2.36. The lowest BCUT2D eigenvalue weighted by Crippen LogP contribution is -2.14. The van der Waals surface area contributed by atoms with Crippen molar-refractivity contribution in [3.63, 3.8) is 0 Å². The van der Waals surface area contributed by atoms with E-state index in [9.17, 15) is 0 Å². The van der Waals surface area contributed by atoms with Gasteiger partial charge in [-0.15, -0.1) is 0 Å². The minimum atomic E-state index is 0.380. The molecule has 1 saturated heterocycles. The first-order valence-corrected chi connectivity index (χ1v) is 6.22. The highest BCUT2D eigenvalue weighted by Crippen LogP contribution is 2.23. The fraction of sp³-hybridized carbons (Fsp3) is 0.385. The van der Waals surface area contributed by atoms with Crippen LogP contribution < -0.4 is 10.6 Å². The zero-order valence-corrected chi connectivity index (χ0v) is 10.3. The number of hydrogen-bond acceptors (Lipinski definition) is 5. The van der Waals surface area contributed by atoms with E-state index < -0.39 is 0 Å². The minimum absolute atomic E-state index is 0.380. The molecular formula is C13H16N4O. The van der Waals surface area contributed by atoms with Crippen molar-refractivity contribution in [3.8, 4) is 0 Å². The van der Waals surface area contributed by atoms with Gasteiger partial charge < -0.3 is 15.2 Å². The van der Waals surface area contributed by atoms with Gasteiger partial charge >= 0.3 is 0 Å². The maximum Gasteiger partial charge on any atom is 0.175 e. The molecule has 1 aliphatic heterocycles. The van der Waals surface area contributed by atoms with Crippen molar-refractivity contribution in [2.24, 2.45) is 0 Å². The van der Waals surface area contributed by atoms with Crippen LogP contribution in [0.25, 0.3) is 0 Å². The van der Waals surface area contributed by atoms with Crippen molar-refractivity contribution < 1.29 is 4.52 Å². The van der Waals surface area contributed by atoms with Crippen LogP contribution in [-0.2, 0) is 0 Å². The highest BCUT2D eigenvalue weighted by molar-refractivity contribution is 5.51. The molecule has 0 aromatic carbocycles. The van der Waals surface area contributed by atoms with E-state index in [0.29, 0.717) is 11.9 Å². The molecule has 18 heavy (non-hydrogen) atoms. The average molecular weight is 244 g/mol. The molecular weight excluding hydrogens is 228 g/mol. The molecule has 1 atom stereocenters. The lowest BCUT2D eigenvalue weighted by molar-refractivity contribution is 0.400. The van der Waals surface area contributed by atoms with Gasteiger partial charge in [-0.05, 0) is 38.4 Å². The number of hydrogen-bond donors (Lipinski definition) is 2. The quantitative estimate of drug-likeness (QED) is 0.868. The Morgan fingerprint density at radius 2 is 2.33 bits per heavy atom. The zero-order chi connectivity index (χ0) is 12.4. The van der Waals surface area contributed by atoms with E-state index in [-0.39, 0.29) is 0 Å². The second kappa shape index (κ2) is 4.78. The number of rotatable bonds is 3. The fourth-order valence-electron chi connectivity index (χ4n) is 2.21. The Morgan fingerprint density at radius 3 is 3.06 bits per heavy atom. The Kier molecular flexibility index (Phi) is 2.98. The molecule has 5 heteroatoms. The normalized spacial score (nSPS) is 19.1. The van der Waals surface area contributed by atoms with Crippen LogP contribution in [-0.4, -0.2) is 16.7 Å². The fourth-order valence-corrected chi connectivity index (χ4v) is 2.21. The third-order valence-electron chi connectivity index (χ3n) is 3.07. The Bertz CT molecular complexity index is 531. The van der Waals surface area contributed by atoms with Crippen LogP contribution in [0.5, 0.6) is 0 Å². The molecule has 2 aromatic heterocycles. The highest BCUT2D eigenvalue weighted by atomic mass is 16.5. The second-order valence-electron chi connectivity index (χ2n) is 4.54. The summed E-state index contributed by atoms with van der Waals surface area (Å²) in [5.74, 6) is 2.28. The standard InChI is InChI=1S/C13H16N4O/c1-9-8-13(17-18-9)16-12-6-2-4-11(15-12)10-5-3-7-14-10/h2,4,6,8,10,14H,3,5,7H2,1H3,(H,15,16,17). The van der Waals surface area contributed by atoms with Gasteiger partial charge in [0.05, 0.1) is 5.69 Å². The summed E-state index contributed by atoms with van der Waals surface area (Å²) in [7, 11) is 0. The van der Waals surface area contributed by atoms with Gasteiger partial charge in [0, 0.05) is 12.1 Å². The van der Waals surface area contributed by atoms with Crippen molar-refractivity contribution in [1.82, 2.24) is 15.5 Å². The molecule has 0 bridgehead atoms. The summed E-state index contributed by atoms with van der Waals surface area (Å²) in [4.78, 5) is 4.60. The second-order valence-corrected chi connectivity index (χ2v) is 4.54. The van der Waals surface area contributed by atoms with Crippen molar-refractivity contribution in [2.45, 2.75) is 25.8 Å². The number of aryl methyl sites for hydroxylation is 1. The molecule has 5 nitrogen and oxygen atoms in total. The molecule has 0 spiro atoms. The van der Waals surface area contributed by atoms with E-state index in [0.717, 1.165) is 30.2 Å². The van der Waals surface area contributed by atoms with Gasteiger partial charge in [-0.25, -0.2) is 4.98 Å². The Hall–Kier alpha value is -1.88. The number of nitrogens with one attached hydrogen (secondary N) is 2. The molecule has 3 heterocycles. The first-order valence-electron chi connectivity index (χ1n) is 6.22. The monoisotopic (exact) mass is 244 g/mol. The van der Waals surface area contributed by atoms with Crippen molar-refractivity contribution in [3.05, 3.63) is 35.7 Å². The van der Waals surface area contributed by atoms with Crippen LogP contribution in [0.15, 0.2) is 28.8 Å². The van der Waals surface area contributed by atoms with Crippen LogP contribution in [0.3, 0.4) is 0 Å². The van der Waals surface area contributed by atoms with Crippen LogP contribution >= 0.6 is 0 Å². The molecule has 2 N–H and O–H groups in total. The van der Waals surface area contributed by atoms with Gasteiger partial charge in [-0.1, -0.05) is 11.2 Å². The van der Waals surface area contributed by atoms with E-state index in [2.05, 4.69) is 26.8 Å². The van der Waals surface area contributed by atoms with Crippen molar-refractivity contribution in [2.75, 3.05) is 11.9 Å². The van der Waals surface area contributed by atoms with E-state index in [1.165, 1.54) is 6.42 Å². The highest BCUT2D eigenvalue weighted by Gasteiger charge is 2.17.